The van der Waals surface area contributed by atoms with Crippen LogP contribution in [0.5, 0.6) is 0 Å². The summed E-state index contributed by atoms with van der Waals surface area (Å²) in [5, 5.41) is 8.70. The van der Waals surface area contributed by atoms with Crippen molar-refractivity contribution in [1.29, 1.82) is 5.26 Å². The normalized spacial score (nSPS) is 11.1. The molecular formula is C13H6F3NO2. The maximum Gasteiger partial charge on any atom is 0.454 e. The average molecular weight is 265 g/mol. The molecule has 0 amide bonds. The summed E-state index contributed by atoms with van der Waals surface area (Å²) in [5.74, 6) is -1.87. The zero-order valence-corrected chi connectivity index (χ0v) is 9.36. The molecule has 0 fully saturated rings. The summed E-state index contributed by atoms with van der Waals surface area (Å²) in [6, 6.07) is 8.13. The Labute approximate surface area is 105 Å². The Morgan fingerprint density at radius 1 is 1.26 bits per heavy atom. The van der Waals surface area contributed by atoms with Crippen molar-refractivity contribution < 1.29 is 22.4 Å². The van der Waals surface area contributed by atoms with Crippen LogP contribution in [0.25, 0.3) is 11.3 Å². The van der Waals surface area contributed by atoms with Gasteiger partial charge in [-0.3, -0.25) is 4.79 Å². The highest BCUT2D eigenvalue weighted by molar-refractivity contribution is 6.05. The highest BCUT2D eigenvalue weighted by Crippen LogP contribution is 2.30. The number of alkyl halides is 3. The first-order valence-corrected chi connectivity index (χ1v) is 5.13. The van der Waals surface area contributed by atoms with Crippen molar-refractivity contribution in [2.24, 2.45) is 0 Å². The van der Waals surface area contributed by atoms with Crippen LogP contribution in [0.3, 0.4) is 0 Å². The predicted octanol–water partition coefficient (Wildman–Crippen LogP) is 3.56. The Bertz CT molecular complexity index is 652. The lowest BCUT2D eigenvalue weighted by atomic mass is 9.99. The Balaban J connectivity index is 2.63. The zero-order chi connectivity index (χ0) is 14.0. The molecule has 1 heterocycles. The van der Waals surface area contributed by atoms with Crippen LogP contribution in [0, 0.1) is 11.3 Å². The number of carbonyl (C=O) groups excluding carboxylic acids is 1. The Morgan fingerprint density at radius 2 is 2.00 bits per heavy atom. The fourth-order valence-corrected chi connectivity index (χ4v) is 1.60. The summed E-state index contributed by atoms with van der Waals surface area (Å²) in [4.78, 5) is 11.4. The minimum absolute atomic E-state index is 0.00586. The van der Waals surface area contributed by atoms with Gasteiger partial charge in [-0.1, -0.05) is 0 Å². The van der Waals surface area contributed by atoms with Crippen LogP contribution >= 0.6 is 0 Å². The number of benzene rings is 1. The molecule has 0 saturated heterocycles. The molecule has 0 unspecified atom stereocenters. The van der Waals surface area contributed by atoms with Gasteiger partial charge in [-0.2, -0.15) is 18.4 Å². The lowest BCUT2D eigenvalue weighted by Gasteiger charge is -2.09. The van der Waals surface area contributed by atoms with Crippen LogP contribution in [0.15, 0.2) is 41.0 Å². The van der Waals surface area contributed by atoms with Gasteiger partial charge in [0.1, 0.15) is 5.76 Å². The molecule has 0 aliphatic rings. The third kappa shape index (κ3) is 2.50. The molecule has 0 radical (unpaired) electrons. The van der Waals surface area contributed by atoms with Crippen LogP contribution in [0.1, 0.15) is 15.9 Å². The monoisotopic (exact) mass is 265 g/mol. The number of halogens is 3. The van der Waals surface area contributed by atoms with Crippen molar-refractivity contribution in [1.82, 2.24) is 0 Å². The number of Topliss-reactive ketones (excluding diaryl/α,β-unsaturated/α-hetero) is 1. The van der Waals surface area contributed by atoms with Gasteiger partial charge in [-0.25, -0.2) is 0 Å². The minimum atomic E-state index is -5.00. The van der Waals surface area contributed by atoms with E-state index in [2.05, 4.69) is 0 Å². The zero-order valence-electron chi connectivity index (χ0n) is 9.36. The lowest BCUT2D eigenvalue weighted by Crippen LogP contribution is -2.23. The quantitative estimate of drug-likeness (QED) is 0.780. The molecule has 0 atom stereocenters. The van der Waals surface area contributed by atoms with E-state index in [4.69, 9.17) is 9.68 Å². The summed E-state index contributed by atoms with van der Waals surface area (Å²) in [6.07, 6.45) is -3.72. The third-order valence-corrected chi connectivity index (χ3v) is 2.44. The molecule has 0 N–H and O–H groups in total. The summed E-state index contributed by atoms with van der Waals surface area (Å²) in [5.41, 5.74) is -0.615. The van der Waals surface area contributed by atoms with Gasteiger partial charge in [0.15, 0.2) is 0 Å². The van der Waals surface area contributed by atoms with E-state index in [0.717, 1.165) is 6.07 Å². The molecule has 2 aromatic rings. The van der Waals surface area contributed by atoms with E-state index in [1.807, 2.05) is 0 Å². The molecule has 96 valence electrons. The standard InChI is InChI=1S/C13H6F3NO2/c14-13(15,16)12(18)10-6-8(7-17)3-4-9(10)11-2-1-5-19-11/h1-6H. The molecule has 1 aromatic carbocycles. The first-order valence-electron chi connectivity index (χ1n) is 5.13. The first-order chi connectivity index (χ1) is 8.93. The molecular weight excluding hydrogens is 259 g/mol. The number of nitrogens with zero attached hydrogens (tertiary/aromatic N) is 1. The van der Waals surface area contributed by atoms with Crippen molar-refractivity contribution >= 4 is 5.78 Å². The van der Waals surface area contributed by atoms with E-state index >= 15 is 0 Å². The number of hydrogen-bond donors (Lipinski definition) is 0. The molecule has 0 aliphatic heterocycles. The summed E-state index contributed by atoms with van der Waals surface area (Å²) in [7, 11) is 0. The lowest BCUT2D eigenvalue weighted by molar-refractivity contribution is -0.0884. The molecule has 19 heavy (non-hydrogen) atoms. The molecule has 0 saturated carbocycles. The van der Waals surface area contributed by atoms with Gasteiger partial charge in [0, 0.05) is 11.1 Å². The van der Waals surface area contributed by atoms with Crippen LogP contribution in [-0.4, -0.2) is 12.0 Å². The number of ketones is 1. The van der Waals surface area contributed by atoms with Crippen molar-refractivity contribution in [3.63, 3.8) is 0 Å². The van der Waals surface area contributed by atoms with E-state index in [0.29, 0.717) is 0 Å². The van der Waals surface area contributed by atoms with Gasteiger partial charge < -0.3 is 4.42 Å². The number of carbonyl (C=O) groups is 1. The smallest absolute Gasteiger partial charge is 0.454 e. The first kappa shape index (κ1) is 12.9. The number of rotatable bonds is 2. The van der Waals surface area contributed by atoms with E-state index in [1.165, 1.54) is 30.5 Å². The average Bonchev–Trinajstić information content (AvgIpc) is 2.89. The fraction of sp³-hybridized carbons (Fsp3) is 0.0769. The Hall–Kier alpha value is -2.55. The second kappa shape index (κ2) is 4.61. The van der Waals surface area contributed by atoms with Crippen molar-refractivity contribution in [3.05, 3.63) is 47.7 Å². The Morgan fingerprint density at radius 3 is 2.53 bits per heavy atom. The van der Waals surface area contributed by atoms with Gasteiger partial charge in [-0.05, 0) is 30.3 Å². The summed E-state index contributed by atoms with van der Waals surface area (Å²) < 4.78 is 42.6. The van der Waals surface area contributed by atoms with Crippen LogP contribution in [-0.2, 0) is 0 Å². The highest BCUT2D eigenvalue weighted by Gasteiger charge is 2.40. The number of hydrogen-bond acceptors (Lipinski definition) is 3. The van der Waals surface area contributed by atoms with Crippen molar-refractivity contribution in [2.75, 3.05) is 0 Å². The molecule has 6 heteroatoms. The van der Waals surface area contributed by atoms with Crippen LogP contribution in [0.4, 0.5) is 13.2 Å². The Kier molecular flexibility index (Phi) is 3.13. The molecule has 0 aliphatic carbocycles. The minimum Gasteiger partial charge on any atom is -0.464 e. The number of nitriles is 1. The van der Waals surface area contributed by atoms with E-state index < -0.39 is 17.5 Å². The molecule has 0 bridgehead atoms. The second-order valence-electron chi connectivity index (χ2n) is 3.68. The molecule has 3 nitrogen and oxygen atoms in total. The predicted molar refractivity (Wildman–Crippen MR) is 59.2 cm³/mol. The summed E-state index contributed by atoms with van der Waals surface area (Å²) >= 11 is 0. The van der Waals surface area contributed by atoms with Crippen LogP contribution < -0.4 is 0 Å². The topological polar surface area (TPSA) is 54.0 Å². The maximum atomic E-state index is 12.5. The van der Waals surface area contributed by atoms with Crippen molar-refractivity contribution in [2.45, 2.75) is 6.18 Å². The van der Waals surface area contributed by atoms with Gasteiger partial charge >= 0.3 is 6.18 Å². The van der Waals surface area contributed by atoms with Gasteiger partial charge in [0.2, 0.25) is 0 Å². The molecule has 2 rings (SSSR count). The SMILES string of the molecule is N#Cc1ccc(-c2ccco2)c(C(=O)C(F)(F)F)c1. The van der Waals surface area contributed by atoms with E-state index in [9.17, 15) is 18.0 Å². The maximum absolute atomic E-state index is 12.5. The fourth-order valence-electron chi connectivity index (χ4n) is 1.60. The number of furan rings is 1. The molecule has 0 spiro atoms. The summed E-state index contributed by atoms with van der Waals surface area (Å²) in [6.45, 7) is 0. The second-order valence-corrected chi connectivity index (χ2v) is 3.68. The molecule has 1 aromatic heterocycles. The van der Waals surface area contributed by atoms with Gasteiger partial charge in [0.25, 0.3) is 5.78 Å². The van der Waals surface area contributed by atoms with Gasteiger partial charge in [0.05, 0.1) is 17.9 Å². The van der Waals surface area contributed by atoms with Crippen LogP contribution in [0.2, 0.25) is 0 Å². The highest BCUT2D eigenvalue weighted by atomic mass is 19.4. The van der Waals surface area contributed by atoms with Crippen molar-refractivity contribution in [3.8, 4) is 17.4 Å². The largest absolute Gasteiger partial charge is 0.464 e. The van der Waals surface area contributed by atoms with Gasteiger partial charge in [-0.15, -0.1) is 0 Å². The van der Waals surface area contributed by atoms with E-state index in [-0.39, 0.29) is 16.9 Å². The van der Waals surface area contributed by atoms with E-state index in [1.54, 1.807) is 6.07 Å². The third-order valence-electron chi connectivity index (χ3n) is 2.44.